The Morgan fingerprint density at radius 3 is 1.80 bits per heavy atom. The molecule has 2 heterocycles. The fourth-order valence-electron chi connectivity index (χ4n) is 5.38. The van der Waals surface area contributed by atoms with E-state index in [-0.39, 0.29) is 15.2 Å². The SMILES string of the molecule is CC1CCN(S(=O)(=O)c2ccc(S(=O)(=O)N3CCCC4(CCCCC4)C3)cc2)CC1. The van der Waals surface area contributed by atoms with Crippen LogP contribution in [0.5, 0.6) is 0 Å². The molecule has 0 atom stereocenters. The van der Waals surface area contributed by atoms with Crippen molar-refractivity contribution in [2.75, 3.05) is 26.2 Å². The summed E-state index contributed by atoms with van der Waals surface area (Å²) in [6, 6.07) is 5.86. The first-order valence-electron chi connectivity index (χ1n) is 11.3. The van der Waals surface area contributed by atoms with Crippen LogP contribution in [0.4, 0.5) is 0 Å². The monoisotopic (exact) mass is 454 g/mol. The van der Waals surface area contributed by atoms with Crippen LogP contribution in [0, 0.1) is 11.3 Å². The maximum absolute atomic E-state index is 13.3. The molecule has 1 aromatic rings. The largest absolute Gasteiger partial charge is 0.243 e. The first-order valence-corrected chi connectivity index (χ1v) is 14.2. The van der Waals surface area contributed by atoms with Crippen molar-refractivity contribution in [3.05, 3.63) is 24.3 Å². The molecule has 3 aliphatic rings. The Morgan fingerprint density at radius 2 is 1.23 bits per heavy atom. The standard InChI is InChI=1S/C22H34N2O4S2/c1-19-10-16-23(17-11-19)29(25,26)20-6-8-21(9-7-20)30(27,28)24-15-5-14-22(18-24)12-3-2-4-13-22/h6-9,19H,2-5,10-18H2,1H3. The smallest absolute Gasteiger partial charge is 0.207 e. The van der Waals surface area contributed by atoms with Gasteiger partial charge in [-0.05, 0) is 74.1 Å². The van der Waals surface area contributed by atoms with Gasteiger partial charge in [0.25, 0.3) is 0 Å². The van der Waals surface area contributed by atoms with E-state index in [1.54, 1.807) is 4.31 Å². The van der Waals surface area contributed by atoms with Crippen LogP contribution in [0.1, 0.15) is 64.7 Å². The molecule has 1 aliphatic carbocycles. The molecular weight excluding hydrogens is 420 g/mol. The first kappa shape index (κ1) is 22.2. The van der Waals surface area contributed by atoms with Gasteiger partial charge >= 0.3 is 0 Å². The lowest BCUT2D eigenvalue weighted by Crippen LogP contribution is -2.46. The van der Waals surface area contributed by atoms with Crippen molar-refractivity contribution in [1.29, 1.82) is 0 Å². The number of nitrogens with zero attached hydrogens (tertiary/aromatic N) is 2. The van der Waals surface area contributed by atoms with Crippen molar-refractivity contribution in [3.63, 3.8) is 0 Å². The highest BCUT2D eigenvalue weighted by Gasteiger charge is 2.40. The average molecular weight is 455 g/mol. The molecule has 0 aromatic heterocycles. The van der Waals surface area contributed by atoms with Gasteiger partial charge in [0.15, 0.2) is 0 Å². The van der Waals surface area contributed by atoms with E-state index in [4.69, 9.17) is 0 Å². The minimum atomic E-state index is -3.61. The first-order chi connectivity index (χ1) is 14.2. The number of piperidine rings is 2. The molecule has 30 heavy (non-hydrogen) atoms. The predicted molar refractivity (Wildman–Crippen MR) is 117 cm³/mol. The third kappa shape index (κ3) is 4.33. The van der Waals surface area contributed by atoms with Crippen molar-refractivity contribution in [2.24, 2.45) is 11.3 Å². The van der Waals surface area contributed by atoms with Gasteiger partial charge < -0.3 is 0 Å². The highest BCUT2D eigenvalue weighted by atomic mass is 32.2. The highest BCUT2D eigenvalue weighted by molar-refractivity contribution is 7.89. The van der Waals surface area contributed by atoms with E-state index in [0.717, 1.165) is 38.5 Å². The number of benzene rings is 1. The van der Waals surface area contributed by atoms with E-state index in [0.29, 0.717) is 32.1 Å². The van der Waals surface area contributed by atoms with Gasteiger partial charge in [-0.15, -0.1) is 0 Å². The summed E-state index contributed by atoms with van der Waals surface area (Å²) in [4.78, 5) is 0.375. The lowest BCUT2D eigenvalue weighted by molar-refractivity contribution is 0.0965. The van der Waals surface area contributed by atoms with Crippen LogP contribution < -0.4 is 0 Å². The van der Waals surface area contributed by atoms with Gasteiger partial charge in [0.2, 0.25) is 20.0 Å². The van der Waals surface area contributed by atoms with E-state index >= 15 is 0 Å². The third-order valence-corrected chi connectivity index (χ3v) is 11.2. The highest BCUT2D eigenvalue weighted by Crippen LogP contribution is 2.44. The molecule has 0 N–H and O–H groups in total. The van der Waals surface area contributed by atoms with E-state index in [1.807, 2.05) is 0 Å². The van der Waals surface area contributed by atoms with Gasteiger partial charge in [0.05, 0.1) is 9.79 Å². The van der Waals surface area contributed by atoms with Gasteiger partial charge in [-0.25, -0.2) is 16.8 Å². The van der Waals surface area contributed by atoms with Gasteiger partial charge in [-0.1, -0.05) is 26.2 Å². The van der Waals surface area contributed by atoms with Crippen molar-refractivity contribution in [3.8, 4) is 0 Å². The number of hydrogen-bond donors (Lipinski definition) is 0. The molecule has 2 aliphatic heterocycles. The van der Waals surface area contributed by atoms with Crippen molar-refractivity contribution in [2.45, 2.75) is 74.5 Å². The molecule has 1 saturated carbocycles. The molecule has 4 rings (SSSR count). The molecule has 3 fully saturated rings. The summed E-state index contributed by atoms with van der Waals surface area (Å²) in [5.41, 5.74) is 0.137. The molecule has 2 saturated heterocycles. The fraction of sp³-hybridized carbons (Fsp3) is 0.727. The number of sulfonamides is 2. The van der Waals surface area contributed by atoms with Crippen molar-refractivity contribution >= 4 is 20.0 Å². The lowest BCUT2D eigenvalue weighted by atomic mass is 9.70. The van der Waals surface area contributed by atoms with Crippen LogP contribution >= 0.6 is 0 Å². The van der Waals surface area contributed by atoms with Gasteiger partial charge in [0, 0.05) is 26.2 Å². The van der Waals surface area contributed by atoms with E-state index in [2.05, 4.69) is 6.92 Å². The molecule has 6 nitrogen and oxygen atoms in total. The van der Waals surface area contributed by atoms with Gasteiger partial charge in [-0.3, -0.25) is 0 Å². The number of hydrogen-bond acceptors (Lipinski definition) is 4. The van der Waals surface area contributed by atoms with Crippen LogP contribution in [0.25, 0.3) is 0 Å². The Hall–Kier alpha value is -0.960. The Balaban J connectivity index is 1.51. The summed E-state index contributed by atoms with van der Waals surface area (Å²) in [7, 11) is -7.18. The summed E-state index contributed by atoms with van der Waals surface area (Å²) in [6.45, 7) is 4.35. The second-order valence-corrected chi connectivity index (χ2v) is 13.4. The van der Waals surface area contributed by atoms with Crippen molar-refractivity contribution < 1.29 is 16.8 Å². The maximum atomic E-state index is 13.3. The molecule has 1 spiro atoms. The lowest BCUT2D eigenvalue weighted by Gasteiger charge is -2.44. The van der Waals surface area contributed by atoms with E-state index < -0.39 is 20.0 Å². The summed E-state index contributed by atoms with van der Waals surface area (Å²) < 4.78 is 55.6. The van der Waals surface area contributed by atoms with Crippen LogP contribution in [0.15, 0.2) is 34.1 Å². The average Bonchev–Trinajstić information content (AvgIpc) is 2.75. The number of rotatable bonds is 4. The van der Waals surface area contributed by atoms with Crippen LogP contribution in [0.2, 0.25) is 0 Å². The Labute approximate surface area is 181 Å². The van der Waals surface area contributed by atoms with E-state index in [9.17, 15) is 16.8 Å². The van der Waals surface area contributed by atoms with Crippen molar-refractivity contribution in [1.82, 2.24) is 8.61 Å². The van der Waals surface area contributed by atoms with Crippen LogP contribution in [-0.2, 0) is 20.0 Å². The van der Waals surface area contributed by atoms with Gasteiger partial charge in [-0.2, -0.15) is 8.61 Å². The fourth-order valence-corrected chi connectivity index (χ4v) is 8.45. The molecule has 1 aromatic carbocycles. The Kier molecular flexibility index (Phi) is 6.32. The second-order valence-electron chi connectivity index (χ2n) is 9.56. The predicted octanol–water partition coefficient (Wildman–Crippen LogP) is 3.84. The summed E-state index contributed by atoms with van der Waals surface area (Å²) >= 11 is 0. The zero-order valence-electron chi connectivity index (χ0n) is 17.9. The molecule has 0 bridgehead atoms. The quantitative estimate of drug-likeness (QED) is 0.693. The second kappa shape index (κ2) is 8.52. The summed E-state index contributed by atoms with van der Waals surface area (Å²) in [5.74, 6) is 0.543. The third-order valence-electron chi connectivity index (χ3n) is 7.38. The maximum Gasteiger partial charge on any atom is 0.243 e. The molecule has 8 heteroatoms. The molecule has 168 valence electrons. The minimum absolute atomic E-state index is 0.137. The minimum Gasteiger partial charge on any atom is -0.207 e. The zero-order valence-corrected chi connectivity index (χ0v) is 19.6. The molecule has 0 amide bonds. The topological polar surface area (TPSA) is 74.8 Å². The normalized spacial score (nSPS) is 24.8. The van der Waals surface area contributed by atoms with E-state index in [1.165, 1.54) is 47.8 Å². The molecule has 0 unspecified atom stereocenters. The molecule has 0 radical (unpaired) electrons. The Morgan fingerprint density at radius 1 is 0.733 bits per heavy atom. The summed E-state index contributed by atoms with van der Waals surface area (Å²) in [5, 5.41) is 0. The zero-order chi connectivity index (χ0) is 21.4. The Bertz CT molecular complexity index is 938. The van der Waals surface area contributed by atoms with Crippen LogP contribution in [0.3, 0.4) is 0 Å². The van der Waals surface area contributed by atoms with Crippen LogP contribution in [-0.4, -0.2) is 51.6 Å². The summed E-state index contributed by atoms with van der Waals surface area (Å²) in [6.07, 6.45) is 9.61. The molecular formula is C22H34N2O4S2. The van der Waals surface area contributed by atoms with Gasteiger partial charge in [0.1, 0.15) is 0 Å².